The third-order valence-corrected chi connectivity index (χ3v) is 2.33. The summed E-state index contributed by atoms with van der Waals surface area (Å²) >= 11 is 0. The molecule has 0 atom stereocenters. The lowest BCUT2D eigenvalue weighted by Gasteiger charge is -2.09. The van der Waals surface area contributed by atoms with Crippen LogP contribution >= 0.6 is 0 Å². The Morgan fingerprint density at radius 2 is 2.06 bits per heavy atom. The maximum absolute atomic E-state index is 11.0. The molecule has 0 radical (unpaired) electrons. The van der Waals surface area contributed by atoms with E-state index in [1.807, 2.05) is 0 Å². The molecule has 1 N–H and O–H groups in total. The van der Waals surface area contributed by atoms with E-state index in [-0.39, 0.29) is 17.2 Å². The van der Waals surface area contributed by atoms with Gasteiger partial charge in [-0.15, -0.1) is 0 Å². The first-order valence-corrected chi connectivity index (χ1v) is 5.85. The average molecular weight is 254 g/mol. The minimum atomic E-state index is -0.492. The highest BCUT2D eigenvalue weighted by Crippen LogP contribution is 2.36. The Morgan fingerprint density at radius 3 is 2.67 bits per heavy atom. The van der Waals surface area contributed by atoms with Crippen molar-refractivity contribution in [1.82, 2.24) is 5.32 Å². The summed E-state index contributed by atoms with van der Waals surface area (Å²) in [5.74, 6) is 0.441. The summed E-state index contributed by atoms with van der Waals surface area (Å²) in [5, 5.41) is 14.1. The number of benzene rings is 1. The molecule has 0 unspecified atom stereocenters. The van der Waals surface area contributed by atoms with E-state index in [1.165, 1.54) is 7.11 Å². The van der Waals surface area contributed by atoms with Crippen LogP contribution in [-0.4, -0.2) is 31.7 Å². The van der Waals surface area contributed by atoms with Gasteiger partial charge in [-0.05, 0) is 25.1 Å². The predicted octanol–water partition coefficient (Wildman–Crippen LogP) is 1.98. The molecular formula is C12H18N2O4. The molecule has 0 saturated carbocycles. The number of nitro benzene ring substituents is 1. The number of hydrogen-bond donors (Lipinski definition) is 1. The van der Waals surface area contributed by atoms with E-state index in [9.17, 15) is 10.1 Å². The number of para-hydroxylation sites is 1. The first kappa shape index (κ1) is 14.2. The molecule has 6 heteroatoms. The Hall–Kier alpha value is -1.82. The molecular weight excluding hydrogens is 236 g/mol. The zero-order valence-corrected chi connectivity index (χ0v) is 10.6. The quantitative estimate of drug-likeness (QED) is 0.436. The molecule has 18 heavy (non-hydrogen) atoms. The fourth-order valence-electron chi connectivity index (χ4n) is 1.50. The second-order valence-corrected chi connectivity index (χ2v) is 3.66. The number of rotatable bonds is 8. The number of nitrogens with zero attached hydrogens (tertiary/aromatic N) is 1. The molecule has 100 valence electrons. The van der Waals surface area contributed by atoms with Gasteiger partial charge in [0.15, 0.2) is 0 Å². The van der Waals surface area contributed by atoms with Crippen molar-refractivity contribution in [1.29, 1.82) is 0 Å². The third kappa shape index (κ3) is 3.89. The predicted molar refractivity (Wildman–Crippen MR) is 68.3 cm³/mol. The van der Waals surface area contributed by atoms with Gasteiger partial charge in [0.2, 0.25) is 11.5 Å². The average Bonchev–Trinajstić information content (AvgIpc) is 2.37. The maximum atomic E-state index is 11.0. The van der Waals surface area contributed by atoms with Crippen molar-refractivity contribution >= 4 is 5.69 Å². The fraction of sp³-hybridized carbons (Fsp3) is 0.500. The number of hydrogen-bond acceptors (Lipinski definition) is 5. The summed E-state index contributed by atoms with van der Waals surface area (Å²) in [6.45, 7) is 4.01. The molecule has 1 rings (SSSR count). The smallest absolute Gasteiger partial charge is 0.352 e. The minimum absolute atomic E-state index is 0.129. The molecule has 0 amide bonds. The van der Waals surface area contributed by atoms with Gasteiger partial charge in [0, 0.05) is 6.54 Å². The van der Waals surface area contributed by atoms with Crippen molar-refractivity contribution in [3.05, 3.63) is 28.3 Å². The summed E-state index contributed by atoms with van der Waals surface area (Å²) in [4.78, 5) is 10.5. The normalized spacial score (nSPS) is 10.1. The van der Waals surface area contributed by atoms with Gasteiger partial charge in [0.05, 0.1) is 12.0 Å². The molecule has 1 aromatic carbocycles. The van der Waals surface area contributed by atoms with Crippen LogP contribution < -0.4 is 14.8 Å². The van der Waals surface area contributed by atoms with Crippen LogP contribution in [0.2, 0.25) is 0 Å². The van der Waals surface area contributed by atoms with E-state index in [0.717, 1.165) is 13.0 Å². The Morgan fingerprint density at radius 1 is 1.33 bits per heavy atom. The van der Waals surface area contributed by atoms with Gasteiger partial charge in [-0.1, -0.05) is 13.0 Å². The van der Waals surface area contributed by atoms with E-state index in [4.69, 9.17) is 9.47 Å². The summed E-state index contributed by atoms with van der Waals surface area (Å²) < 4.78 is 10.4. The van der Waals surface area contributed by atoms with E-state index in [2.05, 4.69) is 12.2 Å². The zero-order valence-electron chi connectivity index (χ0n) is 10.6. The highest BCUT2D eigenvalue weighted by molar-refractivity contribution is 5.57. The van der Waals surface area contributed by atoms with Gasteiger partial charge in [-0.2, -0.15) is 0 Å². The molecule has 0 aliphatic rings. The van der Waals surface area contributed by atoms with Crippen LogP contribution in [0.25, 0.3) is 0 Å². The number of nitro groups is 1. The van der Waals surface area contributed by atoms with Crippen LogP contribution in [0.5, 0.6) is 11.5 Å². The van der Waals surface area contributed by atoms with Gasteiger partial charge in [-0.25, -0.2) is 0 Å². The Kier molecular flexibility index (Phi) is 5.93. The van der Waals surface area contributed by atoms with E-state index >= 15 is 0 Å². The number of methoxy groups -OCH3 is 1. The molecule has 0 heterocycles. The van der Waals surface area contributed by atoms with Crippen molar-refractivity contribution < 1.29 is 14.4 Å². The van der Waals surface area contributed by atoms with Gasteiger partial charge in [0.1, 0.15) is 6.61 Å². The molecule has 0 saturated heterocycles. The highest BCUT2D eigenvalue weighted by atomic mass is 16.6. The topological polar surface area (TPSA) is 73.6 Å². The molecule has 6 nitrogen and oxygen atoms in total. The lowest BCUT2D eigenvalue weighted by molar-refractivity contribution is -0.386. The molecule has 0 aliphatic carbocycles. The van der Waals surface area contributed by atoms with Crippen LogP contribution in [0.1, 0.15) is 13.3 Å². The van der Waals surface area contributed by atoms with Crippen LogP contribution in [0.15, 0.2) is 18.2 Å². The van der Waals surface area contributed by atoms with Crippen molar-refractivity contribution in [2.24, 2.45) is 0 Å². The van der Waals surface area contributed by atoms with Crippen LogP contribution in [0.3, 0.4) is 0 Å². The fourth-order valence-corrected chi connectivity index (χ4v) is 1.50. The Labute approximate surface area is 106 Å². The maximum Gasteiger partial charge on any atom is 0.352 e. The molecule has 0 spiro atoms. The monoisotopic (exact) mass is 254 g/mol. The largest absolute Gasteiger partial charge is 0.490 e. The van der Waals surface area contributed by atoms with Gasteiger partial charge >= 0.3 is 5.69 Å². The SMILES string of the molecule is CCCNCCOc1cccc(OC)c1[N+](=O)[O-]. The van der Waals surface area contributed by atoms with Gasteiger partial charge in [-0.3, -0.25) is 10.1 Å². The Balaban J connectivity index is 2.67. The number of nitrogens with one attached hydrogen (secondary N) is 1. The van der Waals surface area contributed by atoms with Crippen LogP contribution in [0, 0.1) is 10.1 Å². The third-order valence-electron chi connectivity index (χ3n) is 2.33. The molecule has 0 bridgehead atoms. The summed E-state index contributed by atoms with van der Waals surface area (Å²) in [6, 6.07) is 4.78. The molecule has 0 aromatic heterocycles. The van der Waals surface area contributed by atoms with Crippen molar-refractivity contribution in [2.75, 3.05) is 26.8 Å². The second-order valence-electron chi connectivity index (χ2n) is 3.66. The lowest BCUT2D eigenvalue weighted by Crippen LogP contribution is -2.21. The minimum Gasteiger partial charge on any atom is -0.490 e. The summed E-state index contributed by atoms with van der Waals surface area (Å²) in [7, 11) is 1.40. The van der Waals surface area contributed by atoms with Crippen molar-refractivity contribution in [3.8, 4) is 11.5 Å². The molecule has 1 aromatic rings. The standard InChI is InChI=1S/C12H18N2O4/c1-3-7-13-8-9-18-11-6-4-5-10(17-2)12(11)14(15)16/h4-6,13H,3,7-9H2,1-2H3. The molecule has 0 aliphatic heterocycles. The Bertz CT molecular complexity index is 396. The van der Waals surface area contributed by atoms with E-state index in [0.29, 0.717) is 13.2 Å². The summed E-state index contributed by atoms with van der Waals surface area (Å²) in [6.07, 6.45) is 1.04. The number of ether oxygens (including phenoxy) is 2. The van der Waals surface area contributed by atoms with Gasteiger partial charge < -0.3 is 14.8 Å². The van der Waals surface area contributed by atoms with Crippen molar-refractivity contribution in [3.63, 3.8) is 0 Å². The van der Waals surface area contributed by atoms with Gasteiger partial charge in [0.25, 0.3) is 0 Å². The second kappa shape index (κ2) is 7.50. The van der Waals surface area contributed by atoms with E-state index in [1.54, 1.807) is 18.2 Å². The van der Waals surface area contributed by atoms with E-state index < -0.39 is 4.92 Å². The zero-order chi connectivity index (χ0) is 13.4. The first-order valence-electron chi connectivity index (χ1n) is 5.85. The lowest BCUT2D eigenvalue weighted by atomic mass is 10.2. The van der Waals surface area contributed by atoms with Crippen molar-refractivity contribution in [2.45, 2.75) is 13.3 Å². The summed E-state index contributed by atoms with van der Waals surface area (Å²) in [5.41, 5.74) is -0.129. The first-order chi connectivity index (χ1) is 8.70. The van der Waals surface area contributed by atoms with Crippen LogP contribution in [0.4, 0.5) is 5.69 Å². The molecule has 0 fully saturated rings. The van der Waals surface area contributed by atoms with Crippen LogP contribution in [-0.2, 0) is 0 Å². The highest BCUT2D eigenvalue weighted by Gasteiger charge is 2.21.